The molecule has 6 nitrogen and oxygen atoms in total. The largest absolute Gasteiger partial charge is 0.466 e. The first-order chi connectivity index (χ1) is 34.0. The highest BCUT2D eigenvalue weighted by Crippen LogP contribution is 2.19. The number of hydrogen-bond donors (Lipinski definition) is 3. The number of aliphatic hydroxyl groups is 2. The van der Waals surface area contributed by atoms with E-state index in [0.717, 1.165) is 38.5 Å². The molecule has 1 amide bonds. The van der Waals surface area contributed by atoms with Crippen LogP contribution in [0.4, 0.5) is 0 Å². The first kappa shape index (κ1) is 67.9. The molecule has 0 aliphatic rings. The van der Waals surface area contributed by atoms with Crippen LogP contribution in [-0.4, -0.2) is 47.4 Å². The summed E-state index contributed by atoms with van der Waals surface area (Å²) >= 11 is 0. The number of carbonyl (C=O) groups is 2. The normalized spacial score (nSPS) is 12.5. The minimum absolute atomic E-state index is 0.0193. The summed E-state index contributed by atoms with van der Waals surface area (Å²) in [5.74, 6) is -0.0102. The Morgan fingerprint density at radius 2 is 0.594 bits per heavy atom. The fraction of sp³-hybridized carbons (Fsp3) is 0.968. The third-order valence-electron chi connectivity index (χ3n) is 15.2. The molecule has 0 aromatic carbocycles. The molecule has 0 heterocycles. The number of esters is 1. The van der Waals surface area contributed by atoms with Crippen molar-refractivity contribution in [1.82, 2.24) is 5.32 Å². The number of ether oxygens (including phenoxy) is 1. The Bertz CT molecular complexity index is 990. The molecule has 0 fully saturated rings. The summed E-state index contributed by atoms with van der Waals surface area (Å²) in [6.45, 7) is 4.98. The van der Waals surface area contributed by atoms with Crippen molar-refractivity contribution in [3.63, 3.8) is 0 Å². The van der Waals surface area contributed by atoms with Gasteiger partial charge in [-0.1, -0.05) is 328 Å². The van der Waals surface area contributed by atoms with Crippen molar-refractivity contribution in [2.45, 2.75) is 379 Å². The standard InChI is InChI=1S/C63H125NO5/c1-3-5-7-9-11-13-15-32-36-39-43-47-51-55-61(66)60(59-65)64-62(67)56-52-48-44-40-37-33-30-28-26-24-22-20-18-16-17-19-21-23-25-27-29-31-34-38-42-46-50-54-58-69-63(68)57-53-49-45-41-35-14-12-10-8-6-4-2/h60-61,65-66H,3-59H2,1-2H3,(H,64,67). The Hall–Kier alpha value is -1.14. The zero-order chi connectivity index (χ0) is 50.0. The lowest BCUT2D eigenvalue weighted by Gasteiger charge is -2.22. The van der Waals surface area contributed by atoms with Crippen LogP contribution in [0.25, 0.3) is 0 Å². The van der Waals surface area contributed by atoms with Crippen LogP contribution in [0.15, 0.2) is 0 Å². The van der Waals surface area contributed by atoms with Gasteiger partial charge in [0.2, 0.25) is 5.91 Å². The summed E-state index contributed by atoms with van der Waals surface area (Å²) in [5.41, 5.74) is 0. The molecule has 412 valence electrons. The zero-order valence-electron chi connectivity index (χ0n) is 47.1. The molecule has 0 aromatic rings. The van der Waals surface area contributed by atoms with Gasteiger partial charge in [-0.25, -0.2) is 0 Å². The topological polar surface area (TPSA) is 95.9 Å². The molecule has 0 radical (unpaired) electrons. The van der Waals surface area contributed by atoms with Crippen molar-refractivity contribution in [2.75, 3.05) is 13.2 Å². The van der Waals surface area contributed by atoms with E-state index in [1.807, 2.05) is 0 Å². The second kappa shape index (κ2) is 59.4. The Balaban J connectivity index is 3.32. The lowest BCUT2D eigenvalue weighted by molar-refractivity contribution is -0.143. The van der Waals surface area contributed by atoms with Gasteiger partial charge in [-0.15, -0.1) is 0 Å². The van der Waals surface area contributed by atoms with Crippen LogP contribution < -0.4 is 5.32 Å². The predicted molar refractivity (Wildman–Crippen MR) is 301 cm³/mol. The molecule has 0 aromatic heterocycles. The monoisotopic (exact) mass is 976 g/mol. The van der Waals surface area contributed by atoms with Gasteiger partial charge in [0.05, 0.1) is 25.4 Å². The highest BCUT2D eigenvalue weighted by atomic mass is 16.5. The smallest absolute Gasteiger partial charge is 0.305 e. The van der Waals surface area contributed by atoms with E-state index in [0.29, 0.717) is 25.9 Å². The molecule has 69 heavy (non-hydrogen) atoms. The van der Waals surface area contributed by atoms with Gasteiger partial charge in [-0.3, -0.25) is 9.59 Å². The lowest BCUT2D eigenvalue weighted by Crippen LogP contribution is -2.45. The van der Waals surface area contributed by atoms with Gasteiger partial charge in [-0.05, 0) is 25.7 Å². The molecule has 3 N–H and O–H groups in total. The maximum atomic E-state index is 12.5. The van der Waals surface area contributed by atoms with Gasteiger partial charge < -0.3 is 20.3 Å². The van der Waals surface area contributed by atoms with Crippen molar-refractivity contribution < 1.29 is 24.5 Å². The van der Waals surface area contributed by atoms with Gasteiger partial charge in [0.15, 0.2) is 0 Å². The van der Waals surface area contributed by atoms with E-state index in [4.69, 9.17) is 4.74 Å². The van der Waals surface area contributed by atoms with Gasteiger partial charge in [0.25, 0.3) is 0 Å². The summed E-state index contributed by atoms with van der Waals surface area (Å²) in [5, 5.41) is 23.3. The predicted octanol–water partition coefficient (Wildman–Crippen LogP) is 19.9. The summed E-state index contributed by atoms with van der Waals surface area (Å²) < 4.78 is 5.47. The Kier molecular flexibility index (Phi) is 58.4. The SMILES string of the molecule is CCCCCCCCCCCCCCCC(O)C(CO)NC(=O)CCCCCCCCCCCCCCCCCCCCCCCCCCCCCCOC(=O)CCCCCCCCCCCCC. The van der Waals surface area contributed by atoms with E-state index in [9.17, 15) is 19.8 Å². The van der Waals surface area contributed by atoms with E-state index in [1.54, 1.807) is 0 Å². The molecule has 6 heteroatoms. The van der Waals surface area contributed by atoms with Gasteiger partial charge >= 0.3 is 5.97 Å². The zero-order valence-corrected chi connectivity index (χ0v) is 47.1. The number of hydrogen-bond acceptors (Lipinski definition) is 5. The molecular weight excluding hydrogens is 851 g/mol. The van der Waals surface area contributed by atoms with Crippen LogP contribution >= 0.6 is 0 Å². The second-order valence-corrected chi connectivity index (χ2v) is 22.1. The Labute approximate surface area is 432 Å². The molecule has 0 bridgehead atoms. The Morgan fingerprint density at radius 3 is 0.884 bits per heavy atom. The molecule has 0 aliphatic heterocycles. The summed E-state index contributed by atoms with van der Waals surface area (Å²) in [6.07, 6.45) is 69.9. The number of unbranched alkanes of at least 4 members (excludes halogenated alkanes) is 49. The van der Waals surface area contributed by atoms with Crippen LogP contribution in [0.5, 0.6) is 0 Å². The van der Waals surface area contributed by atoms with Crippen molar-refractivity contribution in [3.05, 3.63) is 0 Å². The minimum Gasteiger partial charge on any atom is -0.466 e. The van der Waals surface area contributed by atoms with E-state index in [1.165, 1.54) is 295 Å². The molecule has 0 saturated heterocycles. The van der Waals surface area contributed by atoms with Crippen molar-refractivity contribution in [2.24, 2.45) is 0 Å². The molecule has 0 spiro atoms. The van der Waals surface area contributed by atoms with E-state index >= 15 is 0 Å². The van der Waals surface area contributed by atoms with Gasteiger partial charge in [0, 0.05) is 12.8 Å². The third-order valence-corrected chi connectivity index (χ3v) is 15.2. The van der Waals surface area contributed by atoms with Crippen LogP contribution in [-0.2, 0) is 14.3 Å². The number of nitrogens with one attached hydrogen (secondary N) is 1. The highest BCUT2D eigenvalue weighted by molar-refractivity contribution is 5.76. The lowest BCUT2D eigenvalue weighted by atomic mass is 10.0. The molecule has 0 rings (SSSR count). The maximum Gasteiger partial charge on any atom is 0.305 e. The number of rotatable bonds is 60. The average Bonchev–Trinajstić information content (AvgIpc) is 3.35. The van der Waals surface area contributed by atoms with E-state index in [2.05, 4.69) is 19.2 Å². The Morgan fingerprint density at radius 1 is 0.348 bits per heavy atom. The molecule has 2 unspecified atom stereocenters. The number of amides is 1. The summed E-state index contributed by atoms with van der Waals surface area (Å²) in [7, 11) is 0. The second-order valence-electron chi connectivity index (χ2n) is 22.1. The van der Waals surface area contributed by atoms with Crippen LogP contribution in [0.3, 0.4) is 0 Å². The van der Waals surface area contributed by atoms with Crippen molar-refractivity contribution >= 4 is 11.9 Å². The number of aliphatic hydroxyl groups excluding tert-OH is 2. The number of carbonyl (C=O) groups excluding carboxylic acids is 2. The fourth-order valence-electron chi connectivity index (χ4n) is 10.3. The van der Waals surface area contributed by atoms with Crippen LogP contribution in [0, 0.1) is 0 Å². The molecular formula is C63H125NO5. The first-order valence-corrected chi connectivity index (χ1v) is 31.8. The van der Waals surface area contributed by atoms with Gasteiger partial charge in [0.1, 0.15) is 0 Å². The average molecular weight is 977 g/mol. The fourth-order valence-corrected chi connectivity index (χ4v) is 10.3. The molecule has 2 atom stereocenters. The van der Waals surface area contributed by atoms with Crippen LogP contribution in [0.2, 0.25) is 0 Å². The minimum atomic E-state index is -0.660. The van der Waals surface area contributed by atoms with E-state index in [-0.39, 0.29) is 18.5 Å². The highest BCUT2D eigenvalue weighted by Gasteiger charge is 2.20. The summed E-state index contributed by atoms with van der Waals surface area (Å²) in [6, 6.07) is -0.537. The van der Waals surface area contributed by atoms with Crippen molar-refractivity contribution in [3.8, 4) is 0 Å². The first-order valence-electron chi connectivity index (χ1n) is 31.8. The van der Waals surface area contributed by atoms with E-state index < -0.39 is 12.1 Å². The quantitative estimate of drug-likeness (QED) is 0.0417. The molecule has 0 aliphatic carbocycles. The van der Waals surface area contributed by atoms with Crippen molar-refractivity contribution in [1.29, 1.82) is 0 Å². The van der Waals surface area contributed by atoms with Gasteiger partial charge in [-0.2, -0.15) is 0 Å². The maximum absolute atomic E-state index is 12.5. The van der Waals surface area contributed by atoms with Crippen LogP contribution in [0.1, 0.15) is 367 Å². The molecule has 0 saturated carbocycles. The summed E-state index contributed by atoms with van der Waals surface area (Å²) in [4.78, 5) is 24.5. The third kappa shape index (κ3) is 56.0.